The van der Waals surface area contributed by atoms with Crippen molar-refractivity contribution in [2.75, 3.05) is 6.54 Å². The van der Waals surface area contributed by atoms with Gasteiger partial charge in [-0.3, -0.25) is 4.79 Å². The van der Waals surface area contributed by atoms with Gasteiger partial charge in [-0.2, -0.15) is 4.31 Å². The number of benzene rings is 2. The Labute approximate surface area is 204 Å². The lowest BCUT2D eigenvalue weighted by atomic mass is 10.2. The summed E-state index contributed by atoms with van der Waals surface area (Å²) in [7, 11) is -4.08. The minimum absolute atomic E-state index is 0.0460. The molecule has 0 saturated carbocycles. The molecular formula is C24H26Cl2N2O4S. The molecule has 176 valence electrons. The van der Waals surface area contributed by atoms with Gasteiger partial charge < -0.3 is 9.32 Å². The lowest BCUT2D eigenvalue weighted by Crippen LogP contribution is -2.45. The normalized spacial score (nSPS) is 11.8. The molecule has 33 heavy (non-hydrogen) atoms. The van der Waals surface area contributed by atoms with Gasteiger partial charge in [0, 0.05) is 17.6 Å². The molecule has 1 heterocycles. The fourth-order valence-corrected chi connectivity index (χ4v) is 5.70. The number of carbonyl (C=O) groups is 1. The van der Waals surface area contributed by atoms with Crippen molar-refractivity contribution in [3.8, 4) is 0 Å². The van der Waals surface area contributed by atoms with Crippen LogP contribution in [0.25, 0.3) is 0 Å². The molecule has 0 fully saturated rings. The molecule has 0 aliphatic heterocycles. The summed E-state index contributed by atoms with van der Waals surface area (Å²) >= 11 is 12.2. The number of amides is 1. The first-order valence-corrected chi connectivity index (χ1v) is 12.6. The summed E-state index contributed by atoms with van der Waals surface area (Å²) < 4.78 is 33.6. The van der Waals surface area contributed by atoms with Crippen LogP contribution in [-0.4, -0.2) is 36.1 Å². The zero-order valence-electron chi connectivity index (χ0n) is 18.7. The van der Waals surface area contributed by atoms with Crippen molar-refractivity contribution in [3.63, 3.8) is 0 Å². The molecule has 0 aliphatic carbocycles. The van der Waals surface area contributed by atoms with E-state index in [9.17, 15) is 13.2 Å². The zero-order valence-corrected chi connectivity index (χ0v) is 21.0. The Morgan fingerprint density at radius 3 is 2.30 bits per heavy atom. The molecule has 2 aromatic carbocycles. The van der Waals surface area contributed by atoms with Crippen LogP contribution in [0.5, 0.6) is 0 Å². The van der Waals surface area contributed by atoms with E-state index >= 15 is 0 Å². The third-order valence-corrected chi connectivity index (χ3v) is 7.80. The van der Waals surface area contributed by atoms with E-state index in [1.807, 2.05) is 49.4 Å². The van der Waals surface area contributed by atoms with E-state index in [4.69, 9.17) is 27.6 Å². The van der Waals surface area contributed by atoms with Crippen LogP contribution in [0.2, 0.25) is 10.0 Å². The first kappa shape index (κ1) is 25.3. The summed E-state index contributed by atoms with van der Waals surface area (Å²) in [5.41, 5.74) is 0.922. The quantitative estimate of drug-likeness (QED) is 0.381. The standard InChI is InChI=1S/C24H26Cl2N2O4S/c1-17(2)28(33(30,31)23-13-20(25)10-12-22(23)26)16-24(29)27(14-19-7-5-4-6-8-19)15-21-11-9-18(3)32-21/h4-13,17H,14-16H2,1-3H3. The molecule has 0 N–H and O–H groups in total. The summed E-state index contributed by atoms with van der Waals surface area (Å²) in [6, 6.07) is 16.9. The first-order chi connectivity index (χ1) is 15.6. The fourth-order valence-electron chi connectivity index (χ4n) is 3.37. The Bertz CT molecular complexity index is 1210. The second-order valence-electron chi connectivity index (χ2n) is 7.97. The van der Waals surface area contributed by atoms with Gasteiger partial charge in [-0.25, -0.2) is 8.42 Å². The SMILES string of the molecule is Cc1ccc(CN(Cc2ccccc2)C(=O)CN(C(C)C)S(=O)(=O)c2cc(Cl)ccc2Cl)o1. The van der Waals surface area contributed by atoms with E-state index in [0.717, 1.165) is 15.6 Å². The molecule has 0 saturated heterocycles. The van der Waals surface area contributed by atoms with Gasteiger partial charge in [0.15, 0.2) is 0 Å². The summed E-state index contributed by atoms with van der Waals surface area (Å²) in [6.45, 7) is 5.42. The summed E-state index contributed by atoms with van der Waals surface area (Å²) in [6.07, 6.45) is 0. The highest BCUT2D eigenvalue weighted by Crippen LogP contribution is 2.29. The first-order valence-electron chi connectivity index (χ1n) is 10.4. The average Bonchev–Trinajstić information content (AvgIpc) is 3.18. The molecule has 6 nitrogen and oxygen atoms in total. The summed E-state index contributed by atoms with van der Waals surface area (Å²) in [5.74, 6) is 0.996. The van der Waals surface area contributed by atoms with Crippen molar-refractivity contribution >= 4 is 39.1 Å². The van der Waals surface area contributed by atoms with E-state index in [2.05, 4.69) is 0 Å². The van der Waals surface area contributed by atoms with Crippen molar-refractivity contribution in [1.82, 2.24) is 9.21 Å². The second kappa shape index (κ2) is 10.7. The maximum Gasteiger partial charge on any atom is 0.245 e. The third-order valence-electron chi connectivity index (χ3n) is 5.06. The molecule has 0 unspecified atom stereocenters. The van der Waals surface area contributed by atoms with Crippen LogP contribution in [0, 0.1) is 6.92 Å². The molecule has 0 aliphatic rings. The molecular weight excluding hydrogens is 483 g/mol. The lowest BCUT2D eigenvalue weighted by molar-refractivity contribution is -0.133. The predicted octanol–water partition coefficient (Wildman–Crippen LogP) is 5.52. The highest BCUT2D eigenvalue weighted by atomic mass is 35.5. The number of carbonyl (C=O) groups excluding carboxylic acids is 1. The van der Waals surface area contributed by atoms with Gasteiger partial charge in [0.25, 0.3) is 0 Å². The van der Waals surface area contributed by atoms with Crippen LogP contribution in [0.4, 0.5) is 0 Å². The number of rotatable bonds is 9. The van der Waals surface area contributed by atoms with E-state index < -0.39 is 16.1 Å². The molecule has 0 spiro atoms. The number of nitrogens with zero attached hydrogens (tertiary/aromatic N) is 2. The van der Waals surface area contributed by atoms with Gasteiger partial charge in [0.2, 0.25) is 15.9 Å². The minimum atomic E-state index is -4.08. The largest absolute Gasteiger partial charge is 0.464 e. The Hall–Kier alpha value is -2.32. The molecule has 0 bridgehead atoms. The number of aryl methyl sites for hydroxylation is 1. The van der Waals surface area contributed by atoms with Gasteiger partial charge in [-0.15, -0.1) is 0 Å². The van der Waals surface area contributed by atoms with E-state index in [-0.39, 0.29) is 33.9 Å². The highest BCUT2D eigenvalue weighted by Gasteiger charge is 2.32. The van der Waals surface area contributed by atoms with Gasteiger partial charge in [-0.05, 0) is 56.7 Å². The number of halogens is 2. The smallest absolute Gasteiger partial charge is 0.245 e. The highest BCUT2D eigenvalue weighted by molar-refractivity contribution is 7.89. The van der Waals surface area contributed by atoms with Crippen molar-refractivity contribution in [3.05, 3.63) is 87.8 Å². The van der Waals surface area contributed by atoms with E-state index in [1.54, 1.807) is 18.7 Å². The Balaban J connectivity index is 1.90. The van der Waals surface area contributed by atoms with Crippen LogP contribution < -0.4 is 0 Å². The van der Waals surface area contributed by atoms with Crippen LogP contribution in [0.1, 0.15) is 30.9 Å². The number of sulfonamides is 1. The molecule has 3 aromatic rings. The van der Waals surface area contributed by atoms with E-state index in [0.29, 0.717) is 12.3 Å². The number of hydrogen-bond donors (Lipinski definition) is 0. The van der Waals surface area contributed by atoms with Gasteiger partial charge in [0.1, 0.15) is 16.4 Å². The topological polar surface area (TPSA) is 70.8 Å². The Morgan fingerprint density at radius 2 is 1.70 bits per heavy atom. The fraction of sp³-hybridized carbons (Fsp3) is 0.292. The number of hydrogen-bond acceptors (Lipinski definition) is 4. The molecule has 9 heteroatoms. The second-order valence-corrected chi connectivity index (χ2v) is 10.7. The van der Waals surface area contributed by atoms with Crippen LogP contribution in [0.15, 0.2) is 70.0 Å². The summed E-state index contributed by atoms with van der Waals surface area (Å²) in [4.78, 5) is 14.9. The average molecular weight is 509 g/mol. The zero-order chi connectivity index (χ0) is 24.2. The Morgan fingerprint density at radius 1 is 1.00 bits per heavy atom. The van der Waals surface area contributed by atoms with Crippen molar-refractivity contribution in [1.29, 1.82) is 0 Å². The number of furan rings is 1. The van der Waals surface area contributed by atoms with Crippen LogP contribution in [0.3, 0.4) is 0 Å². The van der Waals surface area contributed by atoms with Crippen molar-refractivity contribution < 1.29 is 17.6 Å². The van der Waals surface area contributed by atoms with Crippen LogP contribution in [-0.2, 0) is 27.9 Å². The maximum atomic E-state index is 13.4. The summed E-state index contributed by atoms with van der Waals surface area (Å²) in [5, 5.41) is 0.289. The third kappa shape index (κ3) is 6.38. The van der Waals surface area contributed by atoms with Gasteiger partial charge >= 0.3 is 0 Å². The molecule has 1 amide bonds. The van der Waals surface area contributed by atoms with E-state index in [1.165, 1.54) is 18.2 Å². The van der Waals surface area contributed by atoms with Gasteiger partial charge in [0.05, 0.1) is 18.1 Å². The molecule has 0 radical (unpaired) electrons. The van der Waals surface area contributed by atoms with Crippen LogP contribution >= 0.6 is 23.2 Å². The van der Waals surface area contributed by atoms with Crippen molar-refractivity contribution in [2.45, 2.75) is 44.8 Å². The molecule has 0 atom stereocenters. The molecule has 1 aromatic heterocycles. The Kier molecular flexibility index (Phi) is 8.23. The predicted molar refractivity (Wildman–Crippen MR) is 130 cm³/mol. The lowest BCUT2D eigenvalue weighted by Gasteiger charge is -2.29. The monoisotopic (exact) mass is 508 g/mol. The van der Waals surface area contributed by atoms with Crippen molar-refractivity contribution in [2.24, 2.45) is 0 Å². The minimum Gasteiger partial charge on any atom is -0.464 e. The maximum absolute atomic E-state index is 13.4. The van der Waals surface area contributed by atoms with Gasteiger partial charge in [-0.1, -0.05) is 53.5 Å². The molecule has 3 rings (SSSR count).